The number of carbonyl (C=O) groups excluding carboxylic acids is 1. The number of allylic oxidation sites excluding steroid dienone is 12. The molecule has 0 aromatic rings. The van der Waals surface area contributed by atoms with E-state index in [-0.39, 0.29) is 12.1 Å². The molecule has 0 aromatic heterocycles. The van der Waals surface area contributed by atoms with E-state index in [1.54, 1.807) is 0 Å². The highest BCUT2D eigenvalue weighted by molar-refractivity contribution is 5.69. The van der Waals surface area contributed by atoms with Crippen LogP contribution in [-0.2, 0) is 14.3 Å². The third kappa shape index (κ3) is 37.8. The van der Waals surface area contributed by atoms with E-state index in [0.29, 0.717) is 12.8 Å². The van der Waals surface area contributed by atoms with Crippen molar-refractivity contribution in [3.8, 4) is 0 Å². The van der Waals surface area contributed by atoms with Crippen molar-refractivity contribution in [2.45, 2.75) is 193 Å². The molecule has 0 bridgehead atoms. The van der Waals surface area contributed by atoms with Crippen molar-refractivity contribution in [3.05, 3.63) is 72.9 Å². The Kier molecular flexibility index (Phi) is 36.7. The normalized spacial score (nSPS) is 13.0. The minimum absolute atomic E-state index is 0.0474. The van der Waals surface area contributed by atoms with Crippen LogP contribution in [-0.4, -0.2) is 23.1 Å². The van der Waals surface area contributed by atoms with Crippen molar-refractivity contribution in [1.82, 2.24) is 0 Å². The standard InChI is InChI=1S/C44H74O4/c1-3-5-7-8-9-10-11-12-13-14-15-16-17-22-25-28-31-34-37-41-44(47)48-42(38-6-4-2)39-35-32-29-26-23-20-18-19-21-24-27-30-33-36-40-43(45)46/h5,7,9-10,12-13,15-16,22,25,31,34,42H,3-4,6,8,11,14,17-21,23-24,26-30,32-33,35-41H2,1-2H3,(H,45,46)/b7-5-,10-9-,13-12-,16-15-,25-22-,34-31-. The van der Waals surface area contributed by atoms with Crippen LogP contribution < -0.4 is 0 Å². The summed E-state index contributed by atoms with van der Waals surface area (Å²) < 4.78 is 5.89. The molecule has 0 saturated carbocycles. The third-order valence-corrected chi connectivity index (χ3v) is 8.46. The number of aliphatic carboxylic acids is 1. The largest absolute Gasteiger partial charge is 0.481 e. The molecule has 48 heavy (non-hydrogen) atoms. The van der Waals surface area contributed by atoms with Crippen LogP contribution in [0.5, 0.6) is 0 Å². The molecular formula is C44H74O4. The van der Waals surface area contributed by atoms with Gasteiger partial charge >= 0.3 is 11.9 Å². The molecular weight excluding hydrogens is 592 g/mol. The highest BCUT2D eigenvalue weighted by Gasteiger charge is 2.13. The fraction of sp³-hybridized carbons (Fsp3) is 0.682. The zero-order valence-electron chi connectivity index (χ0n) is 31.3. The molecule has 0 rings (SSSR count). The summed E-state index contributed by atoms with van der Waals surface area (Å²) in [5, 5.41) is 8.67. The van der Waals surface area contributed by atoms with E-state index in [2.05, 4.69) is 86.8 Å². The van der Waals surface area contributed by atoms with E-state index >= 15 is 0 Å². The third-order valence-electron chi connectivity index (χ3n) is 8.46. The second-order valence-corrected chi connectivity index (χ2v) is 13.1. The molecule has 4 heteroatoms. The summed E-state index contributed by atoms with van der Waals surface area (Å²) in [6.07, 6.45) is 55.5. The fourth-order valence-corrected chi connectivity index (χ4v) is 5.55. The number of ether oxygens (including phenoxy) is 1. The molecule has 0 spiro atoms. The Morgan fingerprint density at radius 2 is 0.854 bits per heavy atom. The first kappa shape index (κ1) is 45.4. The van der Waals surface area contributed by atoms with Gasteiger partial charge in [0, 0.05) is 12.8 Å². The maximum absolute atomic E-state index is 12.5. The van der Waals surface area contributed by atoms with Gasteiger partial charge in [-0.3, -0.25) is 9.59 Å². The number of carboxylic acids is 1. The molecule has 0 aliphatic rings. The molecule has 0 aliphatic carbocycles. The number of hydrogen-bond donors (Lipinski definition) is 1. The maximum atomic E-state index is 12.5. The lowest BCUT2D eigenvalue weighted by atomic mass is 10.0. The van der Waals surface area contributed by atoms with Gasteiger partial charge in [0.15, 0.2) is 0 Å². The zero-order chi connectivity index (χ0) is 35.0. The second-order valence-electron chi connectivity index (χ2n) is 13.1. The van der Waals surface area contributed by atoms with Crippen LogP contribution in [0.25, 0.3) is 0 Å². The van der Waals surface area contributed by atoms with Gasteiger partial charge in [0.25, 0.3) is 0 Å². The molecule has 0 heterocycles. The molecule has 4 nitrogen and oxygen atoms in total. The van der Waals surface area contributed by atoms with Crippen molar-refractivity contribution < 1.29 is 19.4 Å². The fourth-order valence-electron chi connectivity index (χ4n) is 5.55. The molecule has 0 radical (unpaired) electrons. The molecule has 1 N–H and O–H groups in total. The first-order chi connectivity index (χ1) is 23.6. The van der Waals surface area contributed by atoms with E-state index in [9.17, 15) is 9.59 Å². The van der Waals surface area contributed by atoms with Crippen molar-refractivity contribution in [1.29, 1.82) is 0 Å². The van der Waals surface area contributed by atoms with Gasteiger partial charge in [-0.25, -0.2) is 0 Å². The smallest absolute Gasteiger partial charge is 0.306 e. The highest BCUT2D eigenvalue weighted by Crippen LogP contribution is 2.17. The van der Waals surface area contributed by atoms with Gasteiger partial charge < -0.3 is 9.84 Å². The SMILES string of the molecule is CC/C=C\C/C=C\C/C=C\C/C=C\C/C=C\C/C=C\CCC(=O)OC(CCCC)CCCCCCCCCCCCCCCCC(=O)O. The summed E-state index contributed by atoms with van der Waals surface area (Å²) in [4.78, 5) is 23.0. The van der Waals surface area contributed by atoms with Gasteiger partial charge in [0.1, 0.15) is 6.10 Å². The van der Waals surface area contributed by atoms with E-state index in [0.717, 1.165) is 89.9 Å². The molecule has 1 atom stereocenters. The number of unbranched alkanes of at least 4 members (excludes halogenated alkanes) is 14. The maximum Gasteiger partial charge on any atom is 0.306 e. The summed E-state index contributed by atoms with van der Waals surface area (Å²) in [5.41, 5.74) is 0. The van der Waals surface area contributed by atoms with E-state index in [1.807, 2.05) is 0 Å². The minimum atomic E-state index is -0.671. The Bertz CT molecular complexity index is 892. The van der Waals surface area contributed by atoms with Gasteiger partial charge in [-0.2, -0.15) is 0 Å². The van der Waals surface area contributed by atoms with E-state index in [1.165, 1.54) is 70.6 Å². The van der Waals surface area contributed by atoms with Gasteiger partial charge in [0.2, 0.25) is 0 Å². The van der Waals surface area contributed by atoms with Crippen LogP contribution in [0, 0.1) is 0 Å². The second kappa shape index (κ2) is 38.8. The summed E-state index contributed by atoms with van der Waals surface area (Å²) in [5.74, 6) is -0.718. The molecule has 274 valence electrons. The van der Waals surface area contributed by atoms with E-state index < -0.39 is 5.97 Å². The number of esters is 1. The molecule has 0 saturated heterocycles. The van der Waals surface area contributed by atoms with Crippen LogP contribution in [0.15, 0.2) is 72.9 Å². The summed E-state index contributed by atoms with van der Waals surface area (Å²) in [7, 11) is 0. The van der Waals surface area contributed by atoms with Crippen LogP contribution in [0.4, 0.5) is 0 Å². The first-order valence-corrected chi connectivity index (χ1v) is 19.9. The number of carbonyl (C=O) groups is 2. The Hall–Kier alpha value is -2.62. The first-order valence-electron chi connectivity index (χ1n) is 19.9. The van der Waals surface area contributed by atoms with Gasteiger partial charge in [-0.1, -0.05) is 177 Å². The Balaban J connectivity index is 3.80. The van der Waals surface area contributed by atoms with Crippen molar-refractivity contribution >= 4 is 11.9 Å². The van der Waals surface area contributed by atoms with Crippen molar-refractivity contribution in [3.63, 3.8) is 0 Å². The summed E-state index contributed by atoms with van der Waals surface area (Å²) in [6.45, 7) is 4.36. The van der Waals surface area contributed by atoms with Gasteiger partial charge in [0.05, 0.1) is 0 Å². The predicted octanol–water partition coefficient (Wildman–Crippen LogP) is 13.9. The van der Waals surface area contributed by atoms with Gasteiger partial charge in [-0.05, 0) is 70.6 Å². The number of hydrogen-bond acceptors (Lipinski definition) is 3. The molecule has 0 aliphatic heterocycles. The van der Waals surface area contributed by atoms with Crippen LogP contribution in [0.1, 0.15) is 187 Å². The average molecular weight is 667 g/mol. The lowest BCUT2D eigenvalue weighted by molar-refractivity contribution is -0.149. The lowest BCUT2D eigenvalue weighted by Crippen LogP contribution is -2.18. The predicted molar refractivity (Wildman–Crippen MR) is 208 cm³/mol. The quantitative estimate of drug-likeness (QED) is 0.0415. The molecule has 0 fully saturated rings. The molecule has 1 unspecified atom stereocenters. The summed E-state index contributed by atoms with van der Waals surface area (Å²) in [6, 6.07) is 0. The highest BCUT2D eigenvalue weighted by atomic mass is 16.5. The minimum Gasteiger partial charge on any atom is -0.481 e. The summed E-state index contributed by atoms with van der Waals surface area (Å²) >= 11 is 0. The Morgan fingerprint density at radius 3 is 1.27 bits per heavy atom. The van der Waals surface area contributed by atoms with Crippen molar-refractivity contribution in [2.24, 2.45) is 0 Å². The average Bonchev–Trinajstić information content (AvgIpc) is 3.07. The van der Waals surface area contributed by atoms with Crippen LogP contribution in [0.3, 0.4) is 0 Å². The Morgan fingerprint density at radius 1 is 0.479 bits per heavy atom. The topological polar surface area (TPSA) is 63.6 Å². The molecule has 0 amide bonds. The zero-order valence-corrected chi connectivity index (χ0v) is 31.3. The van der Waals surface area contributed by atoms with Crippen LogP contribution in [0.2, 0.25) is 0 Å². The number of rotatable bonds is 35. The molecule has 0 aromatic carbocycles. The Labute approximate surface area is 297 Å². The van der Waals surface area contributed by atoms with Crippen molar-refractivity contribution in [2.75, 3.05) is 0 Å². The number of carboxylic acid groups (broad SMARTS) is 1. The van der Waals surface area contributed by atoms with E-state index in [4.69, 9.17) is 9.84 Å². The monoisotopic (exact) mass is 667 g/mol. The van der Waals surface area contributed by atoms with Crippen LogP contribution >= 0.6 is 0 Å². The van der Waals surface area contributed by atoms with Gasteiger partial charge in [-0.15, -0.1) is 0 Å². The lowest BCUT2D eigenvalue weighted by Gasteiger charge is -2.17.